The van der Waals surface area contributed by atoms with E-state index in [1.54, 1.807) is 36.4 Å². The first-order chi connectivity index (χ1) is 19.2. The van der Waals surface area contributed by atoms with E-state index in [1.807, 2.05) is 25.1 Å². The predicted octanol–water partition coefficient (Wildman–Crippen LogP) is 2.52. The topological polar surface area (TPSA) is 138 Å². The molecule has 0 spiro atoms. The fourth-order valence-corrected chi connectivity index (χ4v) is 6.21. The summed E-state index contributed by atoms with van der Waals surface area (Å²) in [5.41, 5.74) is 2.17. The monoisotopic (exact) mass is 560 g/mol. The predicted molar refractivity (Wildman–Crippen MR) is 145 cm³/mol. The average molecular weight is 561 g/mol. The Hall–Kier alpha value is -4.40. The maximum atomic E-state index is 13.5. The molecule has 11 heteroatoms. The lowest BCUT2D eigenvalue weighted by atomic mass is 10.0. The van der Waals surface area contributed by atoms with Crippen LogP contribution in [0, 0.1) is 18.3 Å². The molecule has 206 valence electrons. The van der Waals surface area contributed by atoms with Gasteiger partial charge in [0, 0.05) is 31.6 Å². The number of sulfonamides is 1. The molecule has 0 unspecified atom stereocenters. The molecule has 6 rings (SSSR count). The number of fused-ring (bicyclic) bond motifs is 7. The summed E-state index contributed by atoms with van der Waals surface area (Å²) in [6, 6.07) is 19.3. The highest BCUT2D eigenvalue weighted by atomic mass is 32.2. The number of piperidine rings is 1. The number of benzene rings is 3. The van der Waals surface area contributed by atoms with E-state index in [0.29, 0.717) is 30.0 Å². The Labute approximate surface area is 232 Å². The Morgan fingerprint density at radius 2 is 1.85 bits per heavy atom. The number of carbonyl (C=O) groups excluding carboxylic acids is 2. The van der Waals surface area contributed by atoms with Crippen LogP contribution in [0.2, 0.25) is 0 Å². The number of nitriles is 1. The molecule has 3 aromatic rings. The van der Waals surface area contributed by atoms with E-state index < -0.39 is 28.1 Å². The largest absolute Gasteiger partial charge is 0.488 e. The third-order valence-corrected chi connectivity index (χ3v) is 8.80. The molecule has 1 saturated heterocycles. The van der Waals surface area contributed by atoms with E-state index in [9.17, 15) is 23.3 Å². The number of rotatable bonds is 2. The highest BCUT2D eigenvalue weighted by Crippen LogP contribution is 2.26. The molecule has 4 bridgehead atoms. The van der Waals surface area contributed by atoms with Crippen LogP contribution >= 0.6 is 0 Å². The molecular formula is C29H28N4O6S. The highest BCUT2D eigenvalue weighted by molar-refractivity contribution is 7.89. The second kappa shape index (κ2) is 11.4. The SMILES string of the molecule is Cc1ccc2cc1OCC(=O)NCc1ccc(cc1)O[C@H]1CCN(S(=O)(=O)c3cccc(C#N)c3)C[C@@H]1NC2=O. The third-order valence-electron chi connectivity index (χ3n) is 6.94. The lowest BCUT2D eigenvalue weighted by Crippen LogP contribution is -2.58. The molecule has 2 amide bonds. The van der Waals surface area contributed by atoms with Crippen LogP contribution in [0.25, 0.3) is 0 Å². The number of ether oxygens (including phenoxy) is 2. The summed E-state index contributed by atoms with van der Waals surface area (Å²) < 4.78 is 40.2. The van der Waals surface area contributed by atoms with Gasteiger partial charge in [-0.2, -0.15) is 9.57 Å². The maximum Gasteiger partial charge on any atom is 0.258 e. The average Bonchev–Trinajstić information content (AvgIpc) is 2.96. The second-order valence-corrected chi connectivity index (χ2v) is 11.7. The van der Waals surface area contributed by atoms with Crippen LogP contribution in [-0.2, 0) is 21.4 Å². The minimum absolute atomic E-state index is 0.0144. The first-order valence-electron chi connectivity index (χ1n) is 12.8. The highest BCUT2D eigenvalue weighted by Gasteiger charge is 2.38. The minimum Gasteiger partial charge on any atom is -0.488 e. The van der Waals surface area contributed by atoms with Gasteiger partial charge in [-0.05, 0) is 60.5 Å². The van der Waals surface area contributed by atoms with E-state index in [1.165, 1.54) is 22.5 Å². The van der Waals surface area contributed by atoms with Gasteiger partial charge < -0.3 is 20.1 Å². The zero-order valence-electron chi connectivity index (χ0n) is 21.8. The van der Waals surface area contributed by atoms with Crippen LogP contribution in [0.3, 0.4) is 0 Å². The molecule has 0 aromatic heterocycles. The number of hydrogen-bond acceptors (Lipinski definition) is 7. The van der Waals surface area contributed by atoms with Crippen LogP contribution in [0.1, 0.15) is 33.5 Å². The summed E-state index contributed by atoms with van der Waals surface area (Å²) in [6.07, 6.45) is -0.189. The van der Waals surface area contributed by atoms with E-state index in [-0.39, 0.29) is 36.1 Å². The van der Waals surface area contributed by atoms with Crippen molar-refractivity contribution in [2.24, 2.45) is 0 Å². The molecule has 0 saturated carbocycles. The van der Waals surface area contributed by atoms with E-state index in [2.05, 4.69) is 10.6 Å². The van der Waals surface area contributed by atoms with Gasteiger partial charge in [0.1, 0.15) is 17.6 Å². The van der Waals surface area contributed by atoms with Crippen molar-refractivity contribution < 1.29 is 27.5 Å². The van der Waals surface area contributed by atoms with Gasteiger partial charge in [-0.3, -0.25) is 9.59 Å². The van der Waals surface area contributed by atoms with Gasteiger partial charge in [0.25, 0.3) is 11.8 Å². The molecule has 1 fully saturated rings. The Morgan fingerprint density at radius 3 is 2.62 bits per heavy atom. The summed E-state index contributed by atoms with van der Waals surface area (Å²) in [6.45, 7) is 2.06. The van der Waals surface area contributed by atoms with Gasteiger partial charge in [-0.25, -0.2) is 8.42 Å². The van der Waals surface area contributed by atoms with Crippen molar-refractivity contribution in [1.82, 2.24) is 14.9 Å². The van der Waals surface area contributed by atoms with Crippen molar-refractivity contribution >= 4 is 21.8 Å². The van der Waals surface area contributed by atoms with Crippen LogP contribution in [0.15, 0.2) is 71.6 Å². The zero-order chi connectivity index (χ0) is 28.3. The quantitative estimate of drug-likeness (QED) is 0.491. The summed E-state index contributed by atoms with van der Waals surface area (Å²) in [5, 5.41) is 15.0. The van der Waals surface area contributed by atoms with Gasteiger partial charge in [0.2, 0.25) is 10.0 Å². The molecule has 0 radical (unpaired) electrons. The molecule has 0 aliphatic carbocycles. The number of aryl methyl sites for hydroxylation is 1. The number of hydrogen-bond donors (Lipinski definition) is 2. The molecule has 2 atom stereocenters. The van der Waals surface area contributed by atoms with E-state index in [0.717, 1.165) is 11.1 Å². The Bertz CT molecular complexity index is 1580. The molecule has 3 aliphatic rings. The van der Waals surface area contributed by atoms with Gasteiger partial charge in [-0.1, -0.05) is 24.3 Å². The van der Waals surface area contributed by atoms with Crippen LogP contribution in [-0.4, -0.2) is 56.4 Å². The van der Waals surface area contributed by atoms with Crippen LogP contribution in [0.5, 0.6) is 11.5 Å². The summed E-state index contributed by atoms with van der Waals surface area (Å²) in [5.74, 6) is 0.224. The standard InChI is InChI=1S/C29H28N4O6S/c1-19-5-8-22-14-27(19)38-18-28(34)31-16-20-6-9-23(10-7-20)39-26-11-12-33(17-25(26)32-29(22)35)40(36,37)24-4-2-3-21(13-24)15-30/h2-10,13-14,25-26H,11-12,16-18H2,1H3,(H,31,34)(H,32,35)/t25-,26-/m0/s1. The third kappa shape index (κ3) is 5.93. The van der Waals surface area contributed by atoms with Crippen LogP contribution < -0.4 is 20.1 Å². The summed E-state index contributed by atoms with van der Waals surface area (Å²) in [7, 11) is -3.93. The smallest absolute Gasteiger partial charge is 0.258 e. The molecule has 3 heterocycles. The van der Waals surface area contributed by atoms with Crippen molar-refractivity contribution in [3.63, 3.8) is 0 Å². The number of amides is 2. The molecule has 3 aromatic carbocycles. The lowest BCUT2D eigenvalue weighted by molar-refractivity contribution is -0.123. The van der Waals surface area contributed by atoms with Gasteiger partial charge in [-0.15, -0.1) is 0 Å². The lowest BCUT2D eigenvalue weighted by Gasteiger charge is -2.38. The maximum absolute atomic E-state index is 13.5. The molecule has 3 aliphatic heterocycles. The van der Waals surface area contributed by atoms with E-state index in [4.69, 9.17) is 9.47 Å². The normalized spacial score (nSPS) is 20.1. The van der Waals surface area contributed by atoms with Crippen molar-refractivity contribution in [1.29, 1.82) is 5.26 Å². The molecule has 2 N–H and O–H groups in total. The van der Waals surface area contributed by atoms with Crippen LogP contribution in [0.4, 0.5) is 0 Å². The van der Waals surface area contributed by atoms with Gasteiger partial charge >= 0.3 is 0 Å². The fourth-order valence-electron chi connectivity index (χ4n) is 4.68. The summed E-state index contributed by atoms with van der Waals surface area (Å²) >= 11 is 0. The second-order valence-electron chi connectivity index (χ2n) is 9.72. The Kier molecular flexibility index (Phi) is 7.73. The van der Waals surface area contributed by atoms with Crippen molar-refractivity contribution in [3.05, 3.63) is 89.0 Å². The minimum atomic E-state index is -3.93. The Balaban J connectivity index is 1.46. The number of carbonyl (C=O) groups is 2. The summed E-state index contributed by atoms with van der Waals surface area (Å²) in [4.78, 5) is 25.7. The number of nitrogens with zero attached hydrogens (tertiary/aromatic N) is 2. The van der Waals surface area contributed by atoms with Crippen molar-refractivity contribution in [3.8, 4) is 17.6 Å². The number of nitrogens with one attached hydrogen (secondary N) is 2. The Morgan fingerprint density at radius 1 is 1.05 bits per heavy atom. The van der Waals surface area contributed by atoms with Gasteiger partial charge in [0.15, 0.2) is 6.61 Å². The molecule has 10 nitrogen and oxygen atoms in total. The van der Waals surface area contributed by atoms with Crippen molar-refractivity contribution in [2.75, 3.05) is 19.7 Å². The first kappa shape index (κ1) is 27.2. The molecular weight excluding hydrogens is 532 g/mol. The van der Waals surface area contributed by atoms with Crippen molar-refractivity contribution in [2.45, 2.75) is 36.9 Å². The first-order valence-corrected chi connectivity index (χ1v) is 14.2. The molecule has 40 heavy (non-hydrogen) atoms. The van der Waals surface area contributed by atoms with Gasteiger partial charge in [0.05, 0.1) is 22.6 Å². The van der Waals surface area contributed by atoms with E-state index >= 15 is 0 Å². The zero-order valence-corrected chi connectivity index (χ0v) is 22.6. The fraction of sp³-hybridized carbons (Fsp3) is 0.276.